The van der Waals surface area contributed by atoms with Gasteiger partial charge >= 0.3 is 0 Å². The van der Waals surface area contributed by atoms with E-state index >= 15 is 0 Å². The third kappa shape index (κ3) is 3.04. The highest BCUT2D eigenvalue weighted by molar-refractivity contribution is 5.49. The SMILES string of the molecule is CC[C@@H](C)Oc1ccc(N=C=O)cc1. The van der Waals surface area contributed by atoms with E-state index in [0.29, 0.717) is 5.69 Å². The van der Waals surface area contributed by atoms with E-state index in [1.54, 1.807) is 24.3 Å². The molecule has 0 radical (unpaired) electrons. The van der Waals surface area contributed by atoms with Gasteiger partial charge in [0.25, 0.3) is 0 Å². The van der Waals surface area contributed by atoms with Crippen molar-refractivity contribution in [2.45, 2.75) is 26.4 Å². The van der Waals surface area contributed by atoms with Crippen LogP contribution in [0, 0.1) is 0 Å². The Morgan fingerprint density at radius 1 is 1.43 bits per heavy atom. The molecular formula is C11H13NO2. The maximum absolute atomic E-state index is 9.96. The molecule has 1 aromatic carbocycles. The van der Waals surface area contributed by atoms with E-state index in [1.807, 2.05) is 6.92 Å². The van der Waals surface area contributed by atoms with E-state index in [2.05, 4.69) is 11.9 Å². The van der Waals surface area contributed by atoms with Gasteiger partial charge in [-0.1, -0.05) is 6.92 Å². The molecule has 1 aromatic rings. The maximum Gasteiger partial charge on any atom is 0.240 e. The Hall–Kier alpha value is -1.60. The molecule has 0 aliphatic carbocycles. The second kappa shape index (κ2) is 5.20. The van der Waals surface area contributed by atoms with Gasteiger partial charge < -0.3 is 4.74 Å². The minimum Gasteiger partial charge on any atom is -0.491 e. The van der Waals surface area contributed by atoms with E-state index in [0.717, 1.165) is 12.2 Å². The largest absolute Gasteiger partial charge is 0.491 e. The van der Waals surface area contributed by atoms with Gasteiger partial charge in [0.1, 0.15) is 5.75 Å². The van der Waals surface area contributed by atoms with E-state index in [1.165, 1.54) is 6.08 Å². The molecule has 1 atom stereocenters. The van der Waals surface area contributed by atoms with Crippen LogP contribution in [0.5, 0.6) is 5.75 Å². The molecule has 3 nitrogen and oxygen atoms in total. The molecule has 0 saturated carbocycles. The molecule has 14 heavy (non-hydrogen) atoms. The lowest BCUT2D eigenvalue weighted by molar-refractivity contribution is 0.217. The fourth-order valence-electron chi connectivity index (χ4n) is 0.968. The first-order chi connectivity index (χ1) is 6.76. The van der Waals surface area contributed by atoms with Crippen molar-refractivity contribution in [2.75, 3.05) is 0 Å². The van der Waals surface area contributed by atoms with Gasteiger partial charge in [0.05, 0.1) is 11.8 Å². The van der Waals surface area contributed by atoms with Crippen LogP contribution in [-0.2, 0) is 4.79 Å². The third-order valence-corrected chi connectivity index (χ3v) is 1.92. The van der Waals surface area contributed by atoms with Crippen LogP contribution in [0.15, 0.2) is 29.3 Å². The van der Waals surface area contributed by atoms with Gasteiger partial charge in [-0.15, -0.1) is 0 Å². The number of rotatable bonds is 4. The van der Waals surface area contributed by atoms with E-state index in [-0.39, 0.29) is 6.10 Å². The van der Waals surface area contributed by atoms with Crippen molar-refractivity contribution in [3.05, 3.63) is 24.3 Å². The van der Waals surface area contributed by atoms with Crippen LogP contribution in [0.3, 0.4) is 0 Å². The molecule has 74 valence electrons. The zero-order valence-electron chi connectivity index (χ0n) is 8.36. The van der Waals surface area contributed by atoms with Crippen LogP contribution in [0.25, 0.3) is 0 Å². The van der Waals surface area contributed by atoms with Gasteiger partial charge in [-0.2, -0.15) is 4.99 Å². The second-order valence-electron chi connectivity index (χ2n) is 3.03. The Morgan fingerprint density at radius 3 is 2.57 bits per heavy atom. The highest BCUT2D eigenvalue weighted by atomic mass is 16.5. The Bertz CT molecular complexity index is 326. The standard InChI is InChI=1S/C11H13NO2/c1-3-9(2)14-11-6-4-10(5-7-11)12-8-13/h4-7,9H,3H2,1-2H3/t9-/m1/s1. The average Bonchev–Trinajstić information content (AvgIpc) is 2.21. The number of hydrogen-bond acceptors (Lipinski definition) is 3. The predicted molar refractivity (Wildman–Crippen MR) is 54.6 cm³/mol. The number of aliphatic imine (C=N–C) groups is 1. The van der Waals surface area contributed by atoms with E-state index < -0.39 is 0 Å². The minimum absolute atomic E-state index is 0.204. The van der Waals surface area contributed by atoms with Crippen LogP contribution >= 0.6 is 0 Å². The van der Waals surface area contributed by atoms with Crippen LogP contribution in [0.1, 0.15) is 20.3 Å². The summed E-state index contributed by atoms with van der Waals surface area (Å²) in [6.07, 6.45) is 2.66. The molecule has 3 heteroatoms. The van der Waals surface area contributed by atoms with Crippen LogP contribution in [0.4, 0.5) is 5.69 Å². The summed E-state index contributed by atoms with van der Waals surface area (Å²) >= 11 is 0. The molecule has 0 aliphatic heterocycles. The maximum atomic E-state index is 9.96. The first kappa shape index (κ1) is 10.5. The molecule has 0 saturated heterocycles. The monoisotopic (exact) mass is 191 g/mol. The van der Waals surface area contributed by atoms with Crippen LogP contribution < -0.4 is 4.74 Å². The first-order valence-electron chi connectivity index (χ1n) is 4.61. The Balaban J connectivity index is 2.68. The number of nitrogens with zero attached hydrogens (tertiary/aromatic N) is 1. The lowest BCUT2D eigenvalue weighted by Crippen LogP contribution is -2.09. The summed E-state index contributed by atoms with van der Waals surface area (Å²) in [7, 11) is 0. The summed E-state index contributed by atoms with van der Waals surface area (Å²) in [5.74, 6) is 0.796. The van der Waals surface area contributed by atoms with Gasteiger partial charge in [-0.05, 0) is 37.6 Å². The predicted octanol–water partition coefficient (Wildman–Crippen LogP) is 2.83. The molecular weight excluding hydrogens is 178 g/mol. The molecule has 0 bridgehead atoms. The zero-order chi connectivity index (χ0) is 10.4. The first-order valence-corrected chi connectivity index (χ1v) is 4.61. The Kier molecular flexibility index (Phi) is 3.89. The van der Waals surface area contributed by atoms with E-state index in [4.69, 9.17) is 4.74 Å². The van der Waals surface area contributed by atoms with Crippen molar-refractivity contribution in [1.82, 2.24) is 0 Å². The lowest BCUT2D eigenvalue weighted by Gasteiger charge is -2.11. The molecule has 0 fully saturated rings. The lowest BCUT2D eigenvalue weighted by atomic mass is 10.3. The molecule has 1 rings (SSSR count). The summed E-state index contributed by atoms with van der Waals surface area (Å²) in [6.45, 7) is 4.08. The fourth-order valence-corrected chi connectivity index (χ4v) is 0.968. The molecule has 0 amide bonds. The van der Waals surface area contributed by atoms with Gasteiger partial charge in [0.2, 0.25) is 6.08 Å². The molecule has 0 heterocycles. The number of hydrogen-bond donors (Lipinski definition) is 0. The number of isocyanates is 1. The van der Waals surface area contributed by atoms with E-state index in [9.17, 15) is 4.79 Å². The Morgan fingerprint density at radius 2 is 2.07 bits per heavy atom. The highest BCUT2D eigenvalue weighted by Gasteiger charge is 2.00. The average molecular weight is 191 g/mol. The Labute approximate surface area is 83.4 Å². The second-order valence-corrected chi connectivity index (χ2v) is 3.03. The number of ether oxygens (including phenoxy) is 1. The highest BCUT2D eigenvalue weighted by Crippen LogP contribution is 2.18. The van der Waals surface area contributed by atoms with Gasteiger partial charge in [-0.25, -0.2) is 4.79 Å². The summed E-state index contributed by atoms with van der Waals surface area (Å²) < 4.78 is 5.56. The molecule has 0 unspecified atom stereocenters. The third-order valence-electron chi connectivity index (χ3n) is 1.92. The normalized spacial score (nSPS) is 11.6. The zero-order valence-corrected chi connectivity index (χ0v) is 8.36. The van der Waals surface area contributed by atoms with Crippen molar-refractivity contribution in [1.29, 1.82) is 0 Å². The minimum atomic E-state index is 0.204. The van der Waals surface area contributed by atoms with Crippen molar-refractivity contribution >= 4 is 11.8 Å². The summed E-state index contributed by atoms with van der Waals surface area (Å²) in [5.41, 5.74) is 0.594. The quantitative estimate of drug-likeness (QED) is 0.542. The number of benzene rings is 1. The molecule has 0 aromatic heterocycles. The molecule has 0 N–H and O–H groups in total. The van der Waals surface area contributed by atoms with Gasteiger partial charge in [0.15, 0.2) is 0 Å². The smallest absolute Gasteiger partial charge is 0.240 e. The van der Waals surface area contributed by atoms with Crippen molar-refractivity contribution in [3.63, 3.8) is 0 Å². The van der Waals surface area contributed by atoms with Crippen molar-refractivity contribution in [3.8, 4) is 5.75 Å². The van der Waals surface area contributed by atoms with Gasteiger partial charge in [-0.3, -0.25) is 0 Å². The molecule has 0 spiro atoms. The number of carbonyl (C=O) groups excluding carboxylic acids is 1. The van der Waals surface area contributed by atoms with Gasteiger partial charge in [0, 0.05) is 0 Å². The summed E-state index contributed by atoms with van der Waals surface area (Å²) in [6, 6.07) is 7.04. The summed E-state index contributed by atoms with van der Waals surface area (Å²) in [4.78, 5) is 13.4. The fraction of sp³-hybridized carbons (Fsp3) is 0.364. The molecule has 0 aliphatic rings. The van der Waals surface area contributed by atoms with Crippen molar-refractivity contribution in [2.24, 2.45) is 4.99 Å². The summed E-state index contributed by atoms with van der Waals surface area (Å²) in [5, 5.41) is 0. The van der Waals surface area contributed by atoms with Crippen LogP contribution in [0.2, 0.25) is 0 Å². The van der Waals surface area contributed by atoms with Crippen LogP contribution in [-0.4, -0.2) is 12.2 Å². The van der Waals surface area contributed by atoms with Crippen molar-refractivity contribution < 1.29 is 9.53 Å². The topological polar surface area (TPSA) is 38.7 Å².